The van der Waals surface area contributed by atoms with Gasteiger partial charge in [-0.2, -0.15) is 5.10 Å². The zero-order valence-electron chi connectivity index (χ0n) is 12.5. The first-order chi connectivity index (χ1) is 11.4. The normalized spacial score (nSPS) is 11.6. The Hall–Kier alpha value is -2.26. The maximum atomic E-state index is 13.6. The minimum absolute atomic E-state index is 0.00464. The predicted octanol–water partition coefficient (Wildman–Crippen LogP) is 3.71. The summed E-state index contributed by atoms with van der Waals surface area (Å²) in [4.78, 5) is 0. The van der Waals surface area contributed by atoms with E-state index in [1.165, 1.54) is 6.07 Å². The molecule has 1 N–H and O–H groups in total. The van der Waals surface area contributed by atoms with Crippen molar-refractivity contribution in [3.63, 3.8) is 0 Å². The number of anilines is 1. The van der Waals surface area contributed by atoms with Crippen molar-refractivity contribution in [2.24, 2.45) is 0 Å². The SMILES string of the molecule is CCn1nccc1-c1csc(S(=O)(=O)Nc2cc(F)ccc2F)c1. The van der Waals surface area contributed by atoms with Crippen molar-refractivity contribution in [3.05, 3.63) is 53.5 Å². The van der Waals surface area contributed by atoms with Gasteiger partial charge in [-0.1, -0.05) is 0 Å². The van der Waals surface area contributed by atoms with Crippen LogP contribution in [0.5, 0.6) is 0 Å². The Balaban J connectivity index is 1.92. The van der Waals surface area contributed by atoms with Crippen molar-refractivity contribution in [2.75, 3.05) is 4.72 Å². The van der Waals surface area contributed by atoms with Crippen LogP contribution in [0.4, 0.5) is 14.5 Å². The van der Waals surface area contributed by atoms with E-state index < -0.39 is 27.3 Å². The fraction of sp³-hybridized carbons (Fsp3) is 0.133. The van der Waals surface area contributed by atoms with Crippen LogP contribution in [0.25, 0.3) is 11.3 Å². The number of hydrogen-bond donors (Lipinski definition) is 1. The Morgan fingerprint density at radius 2 is 2.04 bits per heavy atom. The van der Waals surface area contributed by atoms with Crippen LogP contribution in [0.3, 0.4) is 0 Å². The molecule has 126 valence electrons. The average Bonchev–Trinajstić information content (AvgIpc) is 3.18. The number of halogens is 2. The lowest BCUT2D eigenvalue weighted by Crippen LogP contribution is -2.12. The molecule has 0 aliphatic carbocycles. The first kappa shape index (κ1) is 16.6. The van der Waals surface area contributed by atoms with Crippen LogP contribution >= 0.6 is 11.3 Å². The second kappa shape index (κ2) is 6.33. The Kier molecular flexibility index (Phi) is 4.37. The topological polar surface area (TPSA) is 64.0 Å². The molecule has 0 saturated carbocycles. The number of aryl methyl sites for hydroxylation is 1. The number of thiophene rings is 1. The third kappa shape index (κ3) is 3.17. The van der Waals surface area contributed by atoms with Gasteiger partial charge in [-0.3, -0.25) is 9.40 Å². The highest BCUT2D eigenvalue weighted by atomic mass is 32.2. The molecule has 0 fully saturated rings. The van der Waals surface area contributed by atoms with Gasteiger partial charge < -0.3 is 0 Å². The number of nitrogens with zero attached hydrogens (tertiary/aromatic N) is 2. The van der Waals surface area contributed by atoms with Crippen LogP contribution < -0.4 is 4.72 Å². The predicted molar refractivity (Wildman–Crippen MR) is 88.4 cm³/mol. The van der Waals surface area contributed by atoms with E-state index in [-0.39, 0.29) is 4.21 Å². The zero-order chi connectivity index (χ0) is 17.3. The molecule has 2 heterocycles. The minimum Gasteiger partial charge on any atom is -0.276 e. The molecular weight excluding hydrogens is 356 g/mol. The Morgan fingerprint density at radius 1 is 1.25 bits per heavy atom. The summed E-state index contributed by atoms with van der Waals surface area (Å²) in [6, 6.07) is 5.84. The standard InChI is InChI=1S/C15H13F2N3O2S2/c1-2-20-14(5-6-18-20)10-7-15(23-9-10)24(21,22)19-13-8-11(16)3-4-12(13)17/h3-9,19H,2H2,1H3. The smallest absolute Gasteiger partial charge is 0.271 e. The van der Waals surface area contributed by atoms with Crippen LogP contribution in [0.2, 0.25) is 0 Å². The van der Waals surface area contributed by atoms with Gasteiger partial charge in [0.1, 0.15) is 15.8 Å². The molecule has 3 rings (SSSR count). The lowest BCUT2D eigenvalue weighted by molar-refractivity contribution is 0.595. The highest BCUT2D eigenvalue weighted by Gasteiger charge is 2.20. The van der Waals surface area contributed by atoms with Crippen molar-refractivity contribution in [1.82, 2.24) is 9.78 Å². The lowest BCUT2D eigenvalue weighted by atomic mass is 10.2. The summed E-state index contributed by atoms with van der Waals surface area (Å²) in [6.07, 6.45) is 1.63. The largest absolute Gasteiger partial charge is 0.276 e. The molecule has 0 atom stereocenters. The van der Waals surface area contributed by atoms with Gasteiger partial charge in [0, 0.05) is 29.8 Å². The first-order valence-electron chi connectivity index (χ1n) is 6.99. The zero-order valence-corrected chi connectivity index (χ0v) is 14.2. The molecule has 0 amide bonds. The second-order valence-electron chi connectivity index (χ2n) is 4.92. The van der Waals surface area contributed by atoms with Crippen molar-refractivity contribution < 1.29 is 17.2 Å². The van der Waals surface area contributed by atoms with Crippen LogP contribution in [-0.2, 0) is 16.6 Å². The molecule has 9 heteroatoms. The Labute approximate surface area is 141 Å². The number of sulfonamides is 1. The van der Waals surface area contributed by atoms with E-state index in [2.05, 4.69) is 9.82 Å². The molecule has 0 saturated heterocycles. The van der Waals surface area contributed by atoms with E-state index in [0.29, 0.717) is 12.1 Å². The maximum Gasteiger partial charge on any atom is 0.271 e. The molecule has 24 heavy (non-hydrogen) atoms. The average molecular weight is 369 g/mol. The fourth-order valence-electron chi connectivity index (χ4n) is 2.19. The summed E-state index contributed by atoms with van der Waals surface area (Å²) in [5, 5.41) is 5.82. The summed E-state index contributed by atoms with van der Waals surface area (Å²) in [5.74, 6) is -1.58. The number of benzene rings is 1. The van der Waals surface area contributed by atoms with E-state index in [9.17, 15) is 17.2 Å². The van der Waals surface area contributed by atoms with Crippen molar-refractivity contribution in [2.45, 2.75) is 17.7 Å². The van der Waals surface area contributed by atoms with Crippen LogP contribution in [-0.4, -0.2) is 18.2 Å². The van der Waals surface area contributed by atoms with Gasteiger partial charge in [0.2, 0.25) is 0 Å². The van der Waals surface area contributed by atoms with Gasteiger partial charge in [-0.05, 0) is 31.2 Å². The molecular formula is C15H13F2N3O2S2. The molecule has 5 nitrogen and oxygen atoms in total. The summed E-state index contributed by atoms with van der Waals surface area (Å²) in [5.41, 5.74) is 1.05. The second-order valence-corrected chi connectivity index (χ2v) is 7.74. The molecule has 0 unspecified atom stereocenters. The van der Waals surface area contributed by atoms with E-state index in [4.69, 9.17) is 0 Å². The number of aromatic nitrogens is 2. The quantitative estimate of drug-likeness (QED) is 0.746. The van der Waals surface area contributed by atoms with Gasteiger partial charge in [0.05, 0.1) is 11.4 Å². The molecule has 0 bridgehead atoms. The van der Waals surface area contributed by atoms with E-state index in [0.717, 1.165) is 35.2 Å². The maximum absolute atomic E-state index is 13.6. The van der Waals surface area contributed by atoms with Crippen molar-refractivity contribution in [3.8, 4) is 11.3 Å². The van der Waals surface area contributed by atoms with Crippen molar-refractivity contribution in [1.29, 1.82) is 0 Å². The van der Waals surface area contributed by atoms with Gasteiger partial charge in [0.25, 0.3) is 10.0 Å². The van der Waals surface area contributed by atoms with Gasteiger partial charge >= 0.3 is 0 Å². The number of hydrogen-bond acceptors (Lipinski definition) is 4. The number of nitrogens with one attached hydrogen (secondary N) is 1. The van der Waals surface area contributed by atoms with Crippen LogP contribution in [0, 0.1) is 11.6 Å². The minimum atomic E-state index is -4.01. The van der Waals surface area contributed by atoms with E-state index >= 15 is 0 Å². The molecule has 0 radical (unpaired) electrons. The third-order valence-corrected chi connectivity index (χ3v) is 6.13. The van der Waals surface area contributed by atoms with Crippen molar-refractivity contribution >= 4 is 27.0 Å². The molecule has 0 spiro atoms. The summed E-state index contributed by atoms with van der Waals surface area (Å²) in [7, 11) is -4.01. The molecule has 2 aromatic heterocycles. The summed E-state index contributed by atoms with van der Waals surface area (Å²) < 4.78 is 55.4. The summed E-state index contributed by atoms with van der Waals surface area (Å²) >= 11 is 0.995. The lowest BCUT2D eigenvalue weighted by Gasteiger charge is -2.07. The molecule has 1 aromatic carbocycles. The summed E-state index contributed by atoms with van der Waals surface area (Å²) in [6.45, 7) is 2.57. The highest BCUT2D eigenvalue weighted by molar-refractivity contribution is 7.94. The van der Waals surface area contributed by atoms with Gasteiger partial charge in [0.15, 0.2) is 0 Å². The Morgan fingerprint density at radius 3 is 2.79 bits per heavy atom. The first-order valence-corrected chi connectivity index (χ1v) is 9.35. The van der Waals surface area contributed by atoms with E-state index in [1.54, 1.807) is 22.3 Å². The molecule has 0 aliphatic heterocycles. The third-order valence-electron chi connectivity index (χ3n) is 3.32. The van der Waals surface area contributed by atoms with Crippen LogP contribution in [0.15, 0.2) is 46.1 Å². The molecule has 0 aliphatic rings. The van der Waals surface area contributed by atoms with Gasteiger partial charge in [-0.25, -0.2) is 17.2 Å². The number of rotatable bonds is 5. The van der Waals surface area contributed by atoms with Gasteiger partial charge in [-0.15, -0.1) is 11.3 Å². The Bertz CT molecular complexity index is 980. The van der Waals surface area contributed by atoms with Crippen LogP contribution in [0.1, 0.15) is 6.92 Å². The monoisotopic (exact) mass is 369 g/mol. The van der Waals surface area contributed by atoms with E-state index in [1.807, 2.05) is 6.92 Å². The fourth-order valence-corrected chi connectivity index (χ4v) is 4.42. The highest BCUT2D eigenvalue weighted by Crippen LogP contribution is 2.30. The molecule has 3 aromatic rings.